The molecule has 1 aromatic carbocycles. The molecular formula is C14H14N2O3. The largest absolute Gasteiger partial charge is 0.497 e. The van der Waals surface area contributed by atoms with Crippen LogP contribution < -0.4 is 10.2 Å². The van der Waals surface area contributed by atoms with E-state index in [9.17, 15) is 4.79 Å². The molecule has 1 N–H and O–H groups in total. The average molecular weight is 258 g/mol. The van der Waals surface area contributed by atoms with Gasteiger partial charge >= 0.3 is 0 Å². The molecule has 1 amide bonds. The van der Waals surface area contributed by atoms with Crippen molar-refractivity contribution in [3.8, 4) is 5.75 Å². The van der Waals surface area contributed by atoms with Crippen molar-refractivity contribution >= 4 is 12.1 Å². The molecule has 0 fully saturated rings. The Bertz CT molecular complexity index is 602. The Labute approximate surface area is 110 Å². The Balaban J connectivity index is 2.00. The Morgan fingerprint density at radius 1 is 1.42 bits per heavy atom. The van der Waals surface area contributed by atoms with E-state index in [1.54, 1.807) is 26.3 Å². The molecule has 19 heavy (non-hydrogen) atoms. The third-order valence-electron chi connectivity index (χ3n) is 2.58. The van der Waals surface area contributed by atoms with Gasteiger partial charge < -0.3 is 9.15 Å². The molecule has 0 unspecified atom stereocenters. The van der Waals surface area contributed by atoms with Gasteiger partial charge in [-0.15, -0.1) is 0 Å². The highest BCUT2D eigenvalue weighted by Gasteiger charge is 2.09. The van der Waals surface area contributed by atoms with Gasteiger partial charge in [0, 0.05) is 0 Å². The third-order valence-corrected chi connectivity index (χ3v) is 2.58. The van der Waals surface area contributed by atoms with E-state index in [0.717, 1.165) is 11.3 Å². The van der Waals surface area contributed by atoms with Gasteiger partial charge in [0.05, 0.1) is 25.2 Å². The summed E-state index contributed by atoms with van der Waals surface area (Å²) >= 11 is 0. The molecule has 5 heteroatoms. The molecule has 0 aliphatic carbocycles. The van der Waals surface area contributed by atoms with E-state index in [-0.39, 0.29) is 5.91 Å². The molecule has 1 heterocycles. The molecule has 0 aliphatic heterocycles. The van der Waals surface area contributed by atoms with Crippen LogP contribution in [0.2, 0.25) is 0 Å². The first-order chi connectivity index (χ1) is 9.20. The number of nitrogens with zero attached hydrogens (tertiary/aromatic N) is 1. The summed E-state index contributed by atoms with van der Waals surface area (Å²) in [7, 11) is 1.60. The maximum absolute atomic E-state index is 11.7. The van der Waals surface area contributed by atoms with E-state index in [1.165, 1.54) is 6.26 Å². The number of nitrogens with one attached hydrogen (secondary N) is 1. The fourth-order valence-corrected chi connectivity index (χ4v) is 1.57. The summed E-state index contributed by atoms with van der Waals surface area (Å²) in [4.78, 5) is 11.7. The molecule has 5 nitrogen and oxygen atoms in total. The third kappa shape index (κ3) is 3.22. The fraction of sp³-hybridized carbons (Fsp3) is 0.143. The zero-order valence-electron chi connectivity index (χ0n) is 10.7. The van der Waals surface area contributed by atoms with Crippen molar-refractivity contribution in [2.24, 2.45) is 5.10 Å². The summed E-state index contributed by atoms with van der Waals surface area (Å²) in [6.45, 7) is 1.72. The van der Waals surface area contributed by atoms with E-state index < -0.39 is 0 Å². The first-order valence-corrected chi connectivity index (χ1v) is 5.72. The van der Waals surface area contributed by atoms with Crippen LogP contribution in [0.3, 0.4) is 0 Å². The van der Waals surface area contributed by atoms with Crippen LogP contribution in [-0.4, -0.2) is 19.2 Å². The van der Waals surface area contributed by atoms with Crippen LogP contribution in [0.15, 0.2) is 46.1 Å². The van der Waals surface area contributed by atoms with Crippen LogP contribution in [0.1, 0.15) is 21.7 Å². The predicted molar refractivity (Wildman–Crippen MR) is 71.5 cm³/mol. The van der Waals surface area contributed by atoms with E-state index in [2.05, 4.69) is 10.5 Å². The lowest BCUT2D eigenvalue weighted by Gasteiger charge is -2.00. The van der Waals surface area contributed by atoms with Crippen LogP contribution >= 0.6 is 0 Å². The first kappa shape index (κ1) is 12.9. The Hall–Kier alpha value is -2.56. The maximum atomic E-state index is 11.7. The highest BCUT2D eigenvalue weighted by Crippen LogP contribution is 2.11. The van der Waals surface area contributed by atoms with Gasteiger partial charge in [-0.05, 0) is 30.7 Å². The summed E-state index contributed by atoms with van der Waals surface area (Å²) in [6.07, 6.45) is 3.02. The quantitative estimate of drug-likeness (QED) is 0.676. The average Bonchev–Trinajstić information content (AvgIpc) is 2.85. The van der Waals surface area contributed by atoms with Gasteiger partial charge in [0.15, 0.2) is 0 Å². The monoisotopic (exact) mass is 258 g/mol. The molecule has 0 radical (unpaired) electrons. The number of hydrogen-bond acceptors (Lipinski definition) is 4. The molecule has 98 valence electrons. The summed E-state index contributed by atoms with van der Waals surface area (Å²) < 4.78 is 10.1. The van der Waals surface area contributed by atoms with Gasteiger partial charge in [-0.2, -0.15) is 5.10 Å². The van der Waals surface area contributed by atoms with Crippen molar-refractivity contribution in [3.63, 3.8) is 0 Å². The van der Waals surface area contributed by atoms with Crippen molar-refractivity contribution in [2.45, 2.75) is 6.92 Å². The van der Waals surface area contributed by atoms with Gasteiger partial charge in [-0.25, -0.2) is 5.43 Å². The van der Waals surface area contributed by atoms with Crippen LogP contribution in [0, 0.1) is 6.92 Å². The smallest absolute Gasteiger partial charge is 0.274 e. The summed E-state index contributed by atoms with van der Waals surface area (Å²) in [6, 6.07) is 8.97. The molecule has 1 aromatic heterocycles. The topological polar surface area (TPSA) is 63.8 Å². The van der Waals surface area contributed by atoms with Gasteiger partial charge in [0.2, 0.25) is 0 Å². The number of benzene rings is 1. The second-order valence-electron chi connectivity index (χ2n) is 3.87. The molecule has 0 atom stereocenters. The Morgan fingerprint density at radius 3 is 2.95 bits per heavy atom. The number of methoxy groups -OCH3 is 1. The van der Waals surface area contributed by atoms with Crippen LogP contribution in [-0.2, 0) is 0 Å². The van der Waals surface area contributed by atoms with Crippen LogP contribution in [0.4, 0.5) is 0 Å². The minimum atomic E-state index is -0.301. The second-order valence-corrected chi connectivity index (χ2v) is 3.87. The van der Waals surface area contributed by atoms with E-state index in [1.807, 2.05) is 24.3 Å². The summed E-state index contributed by atoms with van der Waals surface area (Å²) in [5.74, 6) is 1.00. The minimum Gasteiger partial charge on any atom is -0.497 e. The Kier molecular flexibility index (Phi) is 3.97. The molecule has 0 aliphatic rings. The number of aryl methyl sites for hydroxylation is 1. The lowest BCUT2D eigenvalue weighted by Crippen LogP contribution is -2.17. The molecular weight excluding hydrogens is 244 g/mol. The van der Waals surface area contributed by atoms with Gasteiger partial charge in [-0.3, -0.25) is 4.79 Å². The second kappa shape index (κ2) is 5.86. The van der Waals surface area contributed by atoms with Crippen LogP contribution in [0.25, 0.3) is 0 Å². The molecule has 0 bridgehead atoms. The first-order valence-electron chi connectivity index (χ1n) is 5.72. The van der Waals surface area contributed by atoms with Crippen molar-refractivity contribution in [1.29, 1.82) is 0 Å². The van der Waals surface area contributed by atoms with E-state index >= 15 is 0 Å². The van der Waals surface area contributed by atoms with Crippen molar-refractivity contribution < 1.29 is 13.9 Å². The van der Waals surface area contributed by atoms with E-state index in [4.69, 9.17) is 9.15 Å². The van der Waals surface area contributed by atoms with E-state index in [0.29, 0.717) is 11.3 Å². The minimum absolute atomic E-state index is 0.301. The fourth-order valence-electron chi connectivity index (χ4n) is 1.57. The predicted octanol–water partition coefficient (Wildman–Crippen LogP) is 2.36. The van der Waals surface area contributed by atoms with Crippen molar-refractivity contribution in [2.75, 3.05) is 7.11 Å². The number of amides is 1. The number of rotatable bonds is 4. The lowest BCUT2D eigenvalue weighted by atomic mass is 10.2. The number of furan rings is 1. The number of carbonyl (C=O) groups is 1. The number of hydrogen-bond donors (Lipinski definition) is 1. The summed E-state index contributed by atoms with van der Waals surface area (Å²) in [5, 5.41) is 3.89. The molecule has 2 rings (SSSR count). The highest BCUT2D eigenvalue weighted by molar-refractivity contribution is 5.95. The SMILES string of the molecule is COc1cccc(C=NNC(=O)c2ccoc2C)c1. The normalized spacial score (nSPS) is 10.6. The summed E-state index contributed by atoms with van der Waals surface area (Å²) in [5.41, 5.74) is 3.75. The number of hydrazone groups is 1. The lowest BCUT2D eigenvalue weighted by molar-refractivity contribution is 0.0953. The van der Waals surface area contributed by atoms with Crippen molar-refractivity contribution in [1.82, 2.24) is 5.43 Å². The zero-order valence-corrected chi connectivity index (χ0v) is 10.7. The standard InChI is InChI=1S/C14H14N2O3/c1-10-13(6-7-19-10)14(17)16-15-9-11-4-3-5-12(8-11)18-2/h3-9H,1-2H3,(H,16,17). The molecule has 0 spiro atoms. The number of ether oxygens (including phenoxy) is 1. The molecule has 2 aromatic rings. The van der Waals surface area contributed by atoms with Gasteiger partial charge in [0.25, 0.3) is 5.91 Å². The molecule has 0 saturated carbocycles. The van der Waals surface area contributed by atoms with Crippen LogP contribution in [0.5, 0.6) is 5.75 Å². The Morgan fingerprint density at radius 2 is 2.26 bits per heavy atom. The number of carbonyl (C=O) groups excluding carboxylic acids is 1. The maximum Gasteiger partial charge on any atom is 0.274 e. The highest BCUT2D eigenvalue weighted by atomic mass is 16.5. The molecule has 0 saturated heterocycles. The van der Waals surface area contributed by atoms with Gasteiger partial charge in [0.1, 0.15) is 11.5 Å². The van der Waals surface area contributed by atoms with Crippen molar-refractivity contribution in [3.05, 3.63) is 53.5 Å². The van der Waals surface area contributed by atoms with Gasteiger partial charge in [-0.1, -0.05) is 12.1 Å². The zero-order chi connectivity index (χ0) is 13.7.